The SMILES string of the molecule is CCNC(c1ccc(F)c(F)c1)c1cc(C)c(Br)s1. The number of nitrogens with one attached hydrogen (secondary N) is 1. The Morgan fingerprint density at radius 2 is 2.00 bits per heavy atom. The average Bonchev–Trinajstić information content (AvgIpc) is 2.70. The van der Waals surface area contributed by atoms with Crippen LogP contribution in [-0.2, 0) is 0 Å². The lowest BCUT2D eigenvalue weighted by Crippen LogP contribution is -2.21. The van der Waals surface area contributed by atoms with Crippen molar-refractivity contribution in [3.05, 3.63) is 55.7 Å². The third kappa shape index (κ3) is 3.22. The Balaban J connectivity index is 2.41. The fourth-order valence-electron chi connectivity index (χ4n) is 1.90. The van der Waals surface area contributed by atoms with Crippen LogP contribution in [0.15, 0.2) is 28.1 Å². The molecule has 0 aliphatic carbocycles. The van der Waals surface area contributed by atoms with E-state index in [-0.39, 0.29) is 6.04 Å². The van der Waals surface area contributed by atoms with Gasteiger partial charge in [0.15, 0.2) is 11.6 Å². The van der Waals surface area contributed by atoms with Crippen molar-refractivity contribution in [3.8, 4) is 0 Å². The lowest BCUT2D eigenvalue weighted by molar-refractivity contribution is 0.504. The molecule has 0 aliphatic rings. The second-order valence-corrected chi connectivity index (χ2v) is 6.67. The van der Waals surface area contributed by atoms with Crippen molar-refractivity contribution in [3.63, 3.8) is 0 Å². The van der Waals surface area contributed by atoms with Crippen LogP contribution in [0.4, 0.5) is 8.78 Å². The topological polar surface area (TPSA) is 12.0 Å². The summed E-state index contributed by atoms with van der Waals surface area (Å²) in [5.74, 6) is -1.63. The van der Waals surface area contributed by atoms with Gasteiger partial charge in [0.05, 0.1) is 9.83 Å². The molecule has 1 aromatic carbocycles. The highest BCUT2D eigenvalue weighted by atomic mass is 79.9. The molecule has 0 bridgehead atoms. The molecule has 0 aliphatic heterocycles. The van der Waals surface area contributed by atoms with Gasteiger partial charge in [-0.15, -0.1) is 11.3 Å². The van der Waals surface area contributed by atoms with Crippen LogP contribution in [0.3, 0.4) is 0 Å². The Labute approximate surface area is 123 Å². The highest BCUT2D eigenvalue weighted by Gasteiger charge is 2.18. The van der Waals surface area contributed by atoms with Crippen LogP contribution in [-0.4, -0.2) is 6.54 Å². The first-order chi connectivity index (χ1) is 9.02. The molecule has 1 nitrogen and oxygen atoms in total. The number of thiophene rings is 1. The van der Waals surface area contributed by atoms with Crippen molar-refractivity contribution in [1.29, 1.82) is 0 Å². The van der Waals surface area contributed by atoms with Crippen LogP contribution >= 0.6 is 27.3 Å². The van der Waals surface area contributed by atoms with Crippen molar-refractivity contribution in [2.45, 2.75) is 19.9 Å². The van der Waals surface area contributed by atoms with Gasteiger partial charge >= 0.3 is 0 Å². The zero-order valence-corrected chi connectivity index (χ0v) is 13.0. The van der Waals surface area contributed by atoms with E-state index in [4.69, 9.17) is 0 Å². The summed E-state index contributed by atoms with van der Waals surface area (Å²) in [6, 6.07) is 5.99. The standard InChI is InChI=1S/C14H14BrF2NS/c1-3-18-13(12-6-8(2)14(15)19-12)9-4-5-10(16)11(17)7-9/h4-7,13,18H,3H2,1-2H3. The molecule has 102 valence electrons. The van der Waals surface area contributed by atoms with E-state index in [1.165, 1.54) is 12.1 Å². The van der Waals surface area contributed by atoms with E-state index in [1.54, 1.807) is 17.4 Å². The zero-order valence-electron chi connectivity index (χ0n) is 10.6. The molecule has 0 radical (unpaired) electrons. The number of hydrogen-bond donors (Lipinski definition) is 1. The molecule has 2 rings (SSSR count). The van der Waals surface area contributed by atoms with Crippen LogP contribution in [0, 0.1) is 18.6 Å². The molecule has 1 atom stereocenters. The van der Waals surface area contributed by atoms with Crippen molar-refractivity contribution in [2.24, 2.45) is 0 Å². The van der Waals surface area contributed by atoms with Crippen LogP contribution < -0.4 is 5.32 Å². The smallest absolute Gasteiger partial charge is 0.159 e. The monoisotopic (exact) mass is 345 g/mol. The van der Waals surface area contributed by atoms with E-state index in [9.17, 15) is 8.78 Å². The molecular weight excluding hydrogens is 332 g/mol. The summed E-state index contributed by atoms with van der Waals surface area (Å²) in [5, 5.41) is 3.30. The number of halogens is 3. The molecule has 0 spiro atoms. The molecule has 2 aromatic rings. The summed E-state index contributed by atoms with van der Waals surface area (Å²) in [5.41, 5.74) is 1.87. The third-order valence-electron chi connectivity index (χ3n) is 2.85. The molecule has 1 aromatic heterocycles. The third-order valence-corrected chi connectivity index (χ3v) is 5.05. The second kappa shape index (κ2) is 6.11. The maximum Gasteiger partial charge on any atom is 0.159 e. The summed E-state index contributed by atoms with van der Waals surface area (Å²) in [6.45, 7) is 4.75. The van der Waals surface area contributed by atoms with E-state index in [0.717, 1.165) is 26.3 Å². The van der Waals surface area contributed by atoms with Crippen molar-refractivity contribution in [1.82, 2.24) is 5.32 Å². The first-order valence-electron chi connectivity index (χ1n) is 5.97. The molecular formula is C14H14BrF2NS. The fraction of sp³-hybridized carbons (Fsp3) is 0.286. The molecule has 1 N–H and O–H groups in total. The second-order valence-electron chi connectivity index (χ2n) is 4.27. The van der Waals surface area contributed by atoms with E-state index < -0.39 is 11.6 Å². The van der Waals surface area contributed by atoms with Crippen molar-refractivity contribution >= 4 is 27.3 Å². The van der Waals surface area contributed by atoms with Crippen LogP contribution in [0.1, 0.15) is 29.0 Å². The van der Waals surface area contributed by atoms with Crippen LogP contribution in [0.5, 0.6) is 0 Å². The number of hydrogen-bond acceptors (Lipinski definition) is 2. The summed E-state index contributed by atoms with van der Waals surface area (Å²) in [7, 11) is 0. The van der Waals surface area contributed by atoms with Crippen molar-refractivity contribution in [2.75, 3.05) is 6.54 Å². The molecule has 5 heteroatoms. The van der Waals surface area contributed by atoms with Gasteiger partial charge < -0.3 is 5.32 Å². The van der Waals surface area contributed by atoms with Crippen LogP contribution in [0.2, 0.25) is 0 Å². The lowest BCUT2D eigenvalue weighted by Gasteiger charge is -2.17. The summed E-state index contributed by atoms with van der Waals surface area (Å²) < 4.78 is 27.5. The zero-order chi connectivity index (χ0) is 14.0. The Kier molecular flexibility index (Phi) is 4.71. The predicted octanol–water partition coefficient (Wildman–Crippen LogP) is 4.80. The fourth-order valence-corrected chi connectivity index (χ4v) is 3.58. The quantitative estimate of drug-likeness (QED) is 0.839. The molecule has 0 fully saturated rings. The first-order valence-corrected chi connectivity index (χ1v) is 7.58. The molecule has 0 amide bonds. The average molecular weight is 346 g/mol. The van der Waals surface area contributed by atoms with Gasteiger partial charge in [-0.3, -0.25) is 0 Å². The number of benzene rings is 1. The van der Waals surface area contributed by atoms with E-state index in [1.807, 2.05) is 13.8 Å². The normalized spacial score (nSPS) is 12.7. The summed E-state index contributed by atoms with van der Waals surface area (Å²) in [6.07, 6.45) is 0. The van der Waals surface area contributed by atoms with E-state index >= 15 is 0 Å². The van der Waals surface area contributed by atoms with E-state index in [2.05, 4.69) is 27.3 Å². The highest BCUT2D eigenvalue weighted by molar-refractivity contribution is 9.11. The minimum absolute atomic E-state index is 0.116. The molecule has 1 unspecified atom stereocenters. The molecule has 0 saturated heterocycles. The summed E-state index contributed by atoms with van der Waals surface area (Å²) >= 11 is 5.10. The van der Waals surface area contributed by atoms with Gasteiger partial charge in [-0.05, 0) is 58.7 Å². The lowest BCUT2D eigenvalue weighted by atomic mass is 10.0. The van der Waals surface area contributed by atoms with Gasteiger partial charge in [0.25, 0.3) is 0 Å². The van der Waals surface area contributed by atoms with Gasteiger partial charge in [0.1, 0.15) is 0 Å². The maximum absolute atomic E-state index is 13.4. The molecule has 19 heavy (non-hydrogen) atoms. The van der Waals surface area contributed by atoms with Crippen molar-refractivity contribution < 1.29 is 8.78 Å². The van der Waals surface area contributed by atoms with Gasteiger partial charge in [0, 0.05) is 4.88 Å². The van der Waals surface area contributed by atoms with Gasteiger partial charge in [-0.2, -0.15) is 0 Å². The number of rotatable bonds is 4. The molecule has 0 saturated carbocycles. The van der Waals surface area contributed by atoms with Gasteiger partial charge in [0.2, 0.25) is 0 Å². The Morgan fingerprint density at radius 3 is 2.53 bits per heavy atom. The van der Waals surface area contributed by atoms with Crippen LogP contribution in [0.25, 0.3) is 0 Å². The van der Waals surface area contributed by atoms with Gasteiger partial charge in [-0.25, -0.2) is 8.78 Å². The first kappa shape index (κ1) is 14.6. The molecule has 1 heterocycles. The Morgan fingerprint density at radius 1 is 1.26 bits per heavy atom. The largest absolute Gasteiger partial charge is 0.306 e. The highest BCUT2D eigenvalue weighted by Crippen LogP contribution is 2.34. The van der Waals surface area contributed by atoms with E-state index in [0.29, 0.717) is 0 Å². The van der Waals surface area contributed by atoms with Gasteiger partial charge in [-0.1, -0.05) is 13.0 Å². The predicted molar refractivity (Wildman–Crippen MR) is 78.6 cm³/mol. The minimum Gasteiger partial charge on any atom is -0.306 e. The number of aryl methyl sites for hydroxylation is 1. The Bertz CT molecular complexity index is 563. The summed E-state index contributed by atoms with van der Waals surface area (Å²) in [4.78, 5) is 1.08. The minimum atomic E-state index is -0.817. The Hall–Kier alpha value is -0.780. The maximum atomic E-state index is 13.4.